The van der Waals surface area contributed by atoms with Gasteiger partial charge in [-0.3, -0.25) is 4.79 Å². The molecule has 2 aliphatic carbocycles. The number of carbonyl (C=O) groups excluding carboxylic acids is 1. The summed E-state index contributed by atoms with van der Waals surface area (Å²) in [6.07, 6.45) is 12.4. The zero-order valence-corrected chi connectivity index (χ0v) is 10.7. The fourth-order valence-electron chi connectivity index (χ4n) is 2.94. The molecule has 3 heteroatoms. The van der Waals surface area contributed by atoms with Gasteiger partial charge in [0, 0.05) is 6.04 Å². The molecule has 0 aromatic heterocycles. The Morgan fingerprint density at radius 3 is 2.18 bits per heavy atom. The minimum atomic E-state index is -0.0520. The summed E-state index contributed by atoms with van der Waals surface area (Å²) < 4.78 is 5.53. The number of esters is 1. The molecule has 2 rings (SSSR count). The summed E-state index contributed by atoms with van der Waals surface area (Å²) in [5.41, 5.74) is 0. The Morgan fingerprint density at radius 2 is 1.53 bits per heavy atom. The molecule has 0 heterocycles. The van der Waals surface area contributed by atoms with E-state index in [1.807, 2.05) is 0 Å². The highest BCUT2D eigenvalue weighted by Gasteiger charge is 2.19. The zero-order valence-electron chi connectivity index (χ0n) is 10.7. The van der Waals surface area contributed by atoms with Gasteiger partial charge in [0.15, 0.2) is 0 Å². The van der Waals surface area contributed by atoms with Crippen molar-refractivity contribution in [1.29, 1.82) is 0 Å². The number of carbonyl (C=O) groups is 1. The average molecular weight is 239 g/mol. The van der Waals surface area contributed by atoms with Crippen LogP contribution in [0.5, 0.6) is 0 Å². The van der Waals surface area contributed by atoms with Crippen molar-refractivity contribution in [3.05, 3.63) is 0 Å². The molecule has 2 saturated carbocycles. The Kier molecular flexibility index (Phi) is 5.30. The third-order valence-electron chi connectivity index (χ3n) is 3.99. The number of nitrogens with one attached hydrogen (secondary N) is 1. The summed E-state index contributed by atoms with van der Waals surface area (Å²) in [5.74, 6) is -0.0520. The Morgan fingerprint density at radius 1 is 0.941 bits per heavy atom. The van der Waals surface area contributed by atoms with Crippen LogP contribution in [-0.4, -0.2) is 24.7 Å². The van der Waals surface area contributed by atoms with Gasteiger partial charge in [-0.1, -0.05) is 25.7 Å². The largest absolute Gasteiger partial charge is 0.461 e. The lowest BCUT2D eigenvalue weighted by atomic mass is 10.1. The number of ether oxygens (including phenoxy) is 1. The first-order chi connectivity index (χ1) is 8.34. The minimum absolute atomic E-state index is 0.0520. The monoisotopic (exact) mass is 239 g/mol. The lowest BCUT2D eigenvalue weighted by molar-refractivity contribution is -0.148. The van der Waals surface area contributed by atoms with Gasteiger partial charge in [0.05, 0.1) is 6.54 Å². The molecule has 0 amide bonds. The second kappa shape index (κ2) is 7.00. The highest BCUT2D eigenvalue weighted by molar-refractivity contribution is 5.71. The van der Waals surface area contributed by atoms with Crippen LogP contribution in [0.15, 0.2) is 0 Å². The van der Waals surface area contributed by atoms with Gasteiger partial charge >= 0.3 is 5.97 Å². The van der Waals surface area contributed by atoms with E-state index >= 15 is 0 Å². The second-order valence-corrected chi connectivity index (χ2v) is 5.47. The zero-order chi connectivity index (χ0) is 11.9. The van der Waals surface area contributed by atoms with E-state index in [4.69, 9.17) is 4.74 Å². The maximum Gasteiger partial charge on any atom is 0.320 e. The van der Waals surface area contributed by atoms with Crippen LogP contribution in [-0.2, 0) is 9.53 Å². The Bertz CT molecular complexity index is 228. The standard InChI is InChI=1S/C14H25NO2/c16-14(11-15-12-7-5-6-8-12)17-13-9-3-1-2-4-10-13/h12-13,15H,1-11H2. The highest BCUT2D eigenvalue weighted by atomic mass is 16.5. The molecule has 0 bridgehead atoms. The summed E-state index contributed by atoms with van der Waals surface area (Å²) in [5, 5.41) is 3.31. The van der Waals surface area contributed by atoms with Crippen LogP contribution in [0.25, 0.3) is 0 Å². The van der Waals surface area contributed by atoms with Crippen molar-refractivity contribution in [1.82, 2.24) is 5.32 Å². The lowest BCUT2D eigenvalue weighted by Gasteiger charge is -2.17. The number of hydrogen-bond acceptors (Lipinski definition) is 3. The topological polar surface area (TPSA) is 38.3 Å². The van der Waals surface area contributed by atoms with Gasteiger partial charge in [-0.05, 0) is 38.5 Å². The van der Waals surface area contributed by atoms with E-state index in [0.29, 0.717) is 12.6 Å². The average Bonchev–Trinajstić information content (AvgIpc) is 2.72. The summed E-state index contributed by atoms with van der Waals surface area (Å²) >= 11 is 0. The minimum Gasteiger partial charge on any atom is -0.461 e. The molecule has 0 atom stereocenters. The summed E-state index contributed by atoms with van der Waals surface area (Å²) in [6, 6.07) is 0.552. The maximum atomic E-state index is 11.7. The SMILES string of the molecule is O=C(CNC1CCCC1)OC1CCCCCC1. The predicted octanol–water partition coefficient (Wildman–Crippen LogP) is 2.78. The van der Waals surface area contributed by atoms with Gasteiger partial charge in [0.2, 0.25) is 0 Å². The summed E-state index contributed by atoms with van der Waals surface area (Å²) in [4.78, 5) is 11.7. The molecule has 0 aliphatic heterocycles. The molecular weight excluding hydrogens is 214 g/mol. The van der Waals surface area contributed by atoms with E-state index in [2.05, 4.69) is 5.32 Å². The predicted molar refractivity (Wildman–Crippen MR) is 67.8 cm³/mol. The first-order valence-corrected chi connectivity index (χ1v) is 7.27. The van der Waals surface area contributed by atoms with Gasteiger partial charge in [0.1, 0.15) is 6.10 Å². The van der Waals surface area contributed by atoms with Crippen molar-refractivity contribution in [2.45, 2.75) is 76.4 Å². The molecule has 1 N–H and O–H groups in total. The quantitative estimate of drug-likeness (QED) is 0.605. The van der Waals surface area contributed by atoms with E-state index in [0.717, 1.165) is 12.8 Å². The van der Waals surface area contributed by atoms with Crippen LogP contribution in [0, 0.1) is 0 Å². The molecule has 3 nitrogen and oxygen atoms in total. The van der Waals surface area contributed by atoms with Crippen molar-refractivity contribution in [3.8, 4) is 0 Å². The van der Waals surface area contributed by atoms with Crippen LogP contribution in [0.2, 0.25) is 0 Å². The lowest BCUT2D eigenvalue weighted by Crippen LogP contribution is -2.34. The van der Waals surface area contributed by atoms with Crippen LogP contribution >= 0.6 is 0 Å². The number of hydrogen-bond donors (Lipinski definition) is 1. The van der Waals surface area contributed by atoms with E-state index in [-0.39, 0.29) is 12.1 Å². The van der Waals surface area contributed by atoms with E-state index in [9.17, 15) is 4.79 Å². The van der Waals surface area contributed by atoms with Gasteiger partial charge in [-0.15, -0.1) is 0 Å². The normalized spacial score (nSPS) is 23.5. The number of rotatable bonds is 4. The van der Waals surface area contributed by atoms with Crippen LogP contribution in [0.3, 0.4) is 0 Å². The van der Waals surface area contributed by atoms with Gasteiger partial charge in [-0.2, -0.15) is 0 Å². The first-order valence-electron chi connectivity index (χ1n) is 7.27. The second-order valence-electron chi connectivity index (χ2n) is 5.47. The first kappa shape index (κ1) is 12.9. The van der Waals surface area contributed by atoms with Crippen molar-refractivity contribution in [3.63, 3.8) is 0 Å². The fraction of sp³-hybridized carbons (Fsp3) is 0.929. The Labute approximate surface area is 104 Å². The molecule has 0 aromatic rings. The smallest absolute Gasteiger partial charge is 0.320 e. The molecule has 17 heavy (non-hydrogen) atoms. The molecular formula is C14H25NO2. The van der Waals surface area contributed by atoms with Crippen LogP contribution < -0.4 is 5.32 Å². The summed E-state index contributed by atoms with van der Waals surface area (Å²) in [7, 11) is 0. The summed E-state index contributed by atoms with van der Waals surface area (Å²) in [6.45, 7) is 0.404. The van der Waals surface area contributed by atoms with E-state index in [1.54, 1.807) is 0 Å². The van der Waals surface area contributed by atoms with E-state index in [1.165, 1.54) is 51.4 Å². The highest BCUT2D eigenvalue weighted by Crippen LogP contribution is 2.20. The van der Waals surface area contributed by atoms with Crippen LogP contribution in [0.1, 0.15) is 64.2 Å². The van der Waals surface area contributed by atoms with Gasteiger partial charge < -0.3 is 10.1 Å². The van der Waals surface area contributed by atoms with Crippen molar-refractivity contribution in [2.75, 3.05) is 6.54 Å². The molecule has 0 aromatic carbocycles. The fourth-order valence-corrected chi connectivity index (χ4v) is 2.94. The van der Waals surface area contributed by atoms with Crippen molar-refractivity contribution < 1.29 is 9.53 Å². The van der Waals surface area contributed by atoms with Gasteiger partial charge in [-0.25, -0.2) is 0 Å². The molecule has 2 aliphatic rings. The Balaban J connectivity index is 1.61. The van der Waals surface area contributed by atoms with Gasteiger partial charge in [0.25, 0.3) is 0 Å². The molecule has 0 saturated heterocycles. The Hall–Kier alpha value is -0.570. The maximum absolute atomic E-state index is 11.7. The third kappa shape index (κ3) is 4.66. The third-order valence-corrected chi connectivity index (χ3v) is 3.99. The van der Waals surface area contributed by atoms with Crippen molar-refractivity contribution in [2.24, 2.45) is 0 Å². The molecule has 0 spiro atoms. The van der Waals surface area contributed by atoms with E-state index < -0.39 is 0 Å². The molecule has 2 fully saturated rings. The van der Waals surface area contributed by atoms with Crippen LogP contribution in [0.4, 0.5) is 0 Å². The molecule has 0 radical (unpaired) electrons. The molecule has 98 valence electrons. The van der Waals surface area contributed by atoms with Crippen molar-refractivity contribution >= 4 is 5.97 Å². The molecule has 0 unspecified atom stereocenters.